The van der Waals surface area contributed by atoms with Crippen LogP contribution in [0.2, 0.25) is 0 Å². The van der Waals surface area contributed by atoms with Crippen LogP contribution in [-0.2, 0) is 0 Å². The number of hydrogen-bond acceptors (Lipinski definition) is 3. The van der Waals surface area contributed by atoms with E-state index in [1.54, 1.807) is 11.8 Å². The first kappa shape index (κ1) is 20.9. The summed E-state index contributed by atoms with van der Waals surface area (Å²) >= 11 is 7.48. The van der Waals surface area contributed by atoms with Crippen molar-refractivity contribution in [1.82, 2.24) is 4.90 Å². The van der Waals surface area contributed by atoms with Crippen LogP contribution in [0.5, 0.6) is 0 Å². The zero-order valence-electron chi connectivity index (χ0n) is 17.0. The monoisotopic (exact) mass is 412 g/mol. The summed E-state index contributed by atoms with van der Waals surface area (Å²) in [7, 11) is 0. The van der Waals surface area contributed by atoms with Crippen molar-refractivity contribution in [3.8, 4) is 0 Å². The van der Waals surface area contributed by atoms with Crippen LogP contribution in [0.25, 0.3) is 0 Å². The number of nitrogens with zero attached hydrogens (tertiary/aromatic N) is 2. The van der Waals surface area contributed by atoms with Gasteiger partial charge in [0.05, 0.1) is 0 Å². The van der Waals surface area contributed by atoms with Crippen LogP contribution in [0.3, 0.4) is 0 Å². The predicted molar refractivity (Wildman–Crippen MR) is 124 cm³/mol. The van der Waals surface area contributed by atoms with Crippen molar-refractivity contribution in [3.05, 3.63) is 65.2 Å². The fraction of sp³-hybridized carbons (Fsp3) is 0.391. The molecule has 0 saturated heterocycles. The molecule has 2 aromatic carbocycles. The molecule has 0 fully saturated rings. The van der Waals surface area contributed by atoms with Crippen molar-refractivity contribution < 1.29 is 4.79 Å². The fourth-order valence-electron chi connectivity index (χ4n) is 3.75. The van der Waals surface area contributed by atoms with E-state index < -0.39 is 0 Å². The topological polar surface area (TPSA) is 23.6 Å². The third kappa shape index (κ3) is 4.26. The number of benzene rings is 2. The second-order valence-corrected chi connectivity index (χ2v) is 9.07. The number of hydrogen-bond donors (Lipinski definition) is 0. The van der Waals surface area contributed by atoms with Gasteiger partial charge in [-0.2, -0.15) is 0 Å². The minimum Gasteiger partial charge on any atom is -0.358 e. The lowest BCUT2D eigenvalue weighted by atomic mass is 9.94. The molecule has 0 saturated carbocycles. The van der Waals surface area contributed by atoms with Gasteiger partial charge in [-0.15, -0.1) is 0 Å². The van der Waals surface area contributed by atoms with E-state index in [4.69, 9.17) is 12.2 Å². The van der Waals surface area contributed by atoms with Crippen molar-refractivity contribution in [2.75, 3.05) is 18.0 Å². The van der Waals surface area contributed by atoms with Crippen LogP contribution < -0.4 is 4.90 Å². The molecule has 2 aromatic rings. The first-order chi connectivity index (χ1) is 13.5. The molecule has 2 atom stereocenters. The van der Waals surface area contributed by atoms with E-state index in [0.717, 1.165) is 35.1 Å². The molecule has 5 heteroatoms. The summed E-state index contributed by atoms with van der Waals surface area (Å²) in [6, 6.07) is 16.1. The Kier molecular flexibility index (Phi) is 6.78. The Morgan fingerprint density at radius 2 is 1.86 bits per heavy atom. The van der Waals surface area contributed by atoms with Gasteiger partial charge in [-0.25, -0.2) is 0 Å². The number of carbonyl (C=O) groups is 1. The number of anilines is 1. The average Bonchev–Trinajstić information content (AvgIpc) is 2.69. The smallest absolute Gasteiger partial charge is 0.258 e. The van der Waals surface area contributed by atoms with Crippen molar-refractivity contribution in [3.63, 3.8) is 0 Å². The van der Waals surface area contributed by atoms with E-state index in [9.17, 15) is 4.79 Å². The highest BCUT2D eigenvalue weighted by Crippen LogP contribution is 2.46. The Morgan fingerprint density at radius 3 is 2.50 bits per heavy atom. The third-order valence-electron chi connectivity index (χ3n) is 5.29. The van der Waals surface area contributed by atoms with E-state index in [-0.39, 0.29) is 17.2 Å². The molecule has 1 aliphatic heterocycles. The molecule has 3 nitrogen and oxygen atoms in total. The summed E-state index contributed by atoms with van der Waals surface area (Å²) in [4.78, 5) is 17.5. The second kappa shape index (κ2) is 9.10. The Hall–Kier alpha value is -1.85. The molecule has 1 amide bonds. The van der Waals surface area contributed by atoms with Crippen LogP contribution in [-0.4, -0.2) is 34.3 Å². The molecular formula is C23H28N2OS2. The molecule has 148 valence electrons. The van der Waals surface area contributed by atoms with E-state index in [1.807, 2.05) is 35.2 Å². The van der Waals surface area contributed by atoms with Crippen LogP contribution in [0.4, 0.5) is 5.69 Å². The summed E-state index contributed by atoms with van der Waals surface area (Å²) in [5, 5.41) is 0.262. The third-order valence-corrected chi connectivity index (χ3v) is 7.03. The van der Waals surface area contributed by atoms with E-state index >= 15 is 0 Å². The van der Waals surface area contributed by atoms with Crippen LogP contribution in [0, 0.1) is 6.92 Å². The van der Waals surface area contributed by atoms with Gasteiger partial charge in [-0.05, 0) is 57.9 Å². The van der Waals surface area contributed by atoms with Gasteiger partial charge in [0.1, 0.15) is 4.32 Å². The fourth-order valence-corrected chi connectivity index (χ4v) is 5.70. The van der Waals surface area contributed by atoms with Gasteiger partial charge >= 0.3 is 0 Å². The molecule has 0 unspecified atom stereocenters. The molecule has 0 N–H and O–H groups in total. The summed E-state index contributed by atoms with van der Waals surface area (Å²) in [5.41, 5.74) is 4.16. The first-order valence-electron chi connectivity index (χ1n) is 9.91. The second-order valence-electron chi connectivity index (χ2n) is 7.23. The number of carbonyl (C=O) groups excluding carboxylic acids is 1. The maximum atomic E-state index is 13.3. The van der Waals surface area contributed by atoms with Crippen molar-refractivity contribution >= 4 is 39.9 Å². The van der Waals surface area contributed by atoms with Crippen LogP contribution >= 0.6 is 24.0 Å². The molecule has 0 aliphatic carbocycles. The van der Waals surface area contributed by atoms with Gasteiger partial charge in [-0.3, -0.25) is 4.79 Å². The van der Waals surface area contributed by atoms with Crippen molar-refractivity contribution in [2.24, 2.45) is 0 Å². The largest absolute Gasteiger partial charge is 0.358 e. The summed E-state index contributed by atoms with van der Waals surface area (Å²) in [6.07, 6.45) is 0.890. The van der Waals surface area contributed by atoms with Crippen LogP contribution in [0.1, 0.15) is 53.9 Å². The lowest BCUT2D eigenvalue weighted by Gasteiger charge is -2.40. The number of rotatable bonds is 4. The Bertz CT molecular complexity index is 849. The predicted octanol–water partition coefficient (Wildman–Crippen LogP) is 5.84. The van der Waals surface area contributed by atoms with Gasteiger partial charge in [0.2, 0.25) is 0 Å². The normalized spacial score (nSPS) is 18.5. The molecule has 28 heavy (non-hydrogen) atoms. The Labute approximate surface area is 178 Å². The molecule has 0 aromatic heterocycles. The van der Waals surface area contributed by atoms with Gasteiger partial charge < -0.3 is 9.80 Å². The average molecular weight is 413 g/mol. The van der Waals surface area contributed by atoms with Crippen LogP contribution in [0.15, 0.2) is 48.5 Å². The number of thioether (sulfide) groups is 1. The maximum Gasteiger partial charge on any atom is 0.258 e. The van der Waals surface area contributed by atoms with E-state index in [1.165, 1.54) is 11.1 Å². The van der Waals surface area contributed by atoms with E-state index in [2.05, 4.69) is 50.8 Å². The SMILES string of the molecule is CCN(CC)C(=S)S[C@@H]1C[C@H](C)N(C(=O)c2ccccc2)c2ccc(C)cc21. The number of thiocarbonyl (C=S) groups is 1. The minimum atomic E-state index is 0.0629. The van der Waals surface area contributed by atoms with Gasteiger partial charge in [0.25, 0.3) is 5.91 Å². The first-order valence-corrected chi connectivity index (χ1v) is 11.2. The quantitative estimate of drug-likeness (QED) is 0.589. The Morgan fingerprint density at radius 1 is 1.18 bits per heavy atom. The summed E-state index contributed by atoms with van der Waals surface area (Å²) in [6.45, 7) is 10.4. The highest BCUT2D eigenvalue weighted by molar-refractivity contribution is 8.23. The molecule has 0 radical (unpaired) electrons. The standard InChI is InChI=1S/C23H28N2OS2/c1-5-24(6-2)23(27)28-21-15-17(4)25(20-13-12-16(3)14-19(20)21)22(26)18-10-8-7-9-11-18/h7-14,17,21H,5-6,15H2,1-4H3/t17-,21+/m0/s1. The lowest BCUT2D eigenvalue weighted by molar-refractivity contribution is 0.0975. The molecule has 1 aliphatic rings. The Balaban J connectivity index is 1.96. The number of amides is 1. The molecule has 0 bridgehead atoms. The summed E-state index contributed by atoms with van der Waals surface area (Å²) in [5.74, 6) is 0.0629. The molecule has 3 rings (SSSR count). The maximum absolute atomic E-state index is 13.3. The van der Waals surface area contributed by atoms with Gasteiger partial charge in [-0.1, -0.05) is 59.9 Å². The van der Waals surface area contributed by atoms with E-state index in [0.29, 0.717) is 0 Å². The highest BCUT2D eigenvalue weighted by atomic mass is 32.2. The van der Waals surface area contributed by atoms with Crippen molar-refractivity contribution in [1.29, 1.82) is 0 Å². The van der Waals surface area contributed by atoms with Gasteiger partial charge in [0, 0.05) is 35.6 Å². The molecule has 1 heterocycles. The molecule has 0 spiro atoms. The molecular weight excluding hydrogens is 384 g/mol. The summed E-state index contributed by atoms with van der Waals surface area (Å²) < 4.78 is 0.942. The van der Waals surface area contributed by atoms with Crippen molar-refractivity contribution in [2.45, 2.75) is 45.4 Å². The lowest BCUT2D eigenvalue weighted by Crippen LogP contribution is -2.43. The number of aryl methyl sites for hydroxylation is 1. The zero-order valence-corrected chi connectivity index (χ0v) is 18.6. The minimum absolute atomic E-state index is 0.0629. The zero-order chi connectivity index (χ0) is 20.3. The number of fused-ring (bicyclic) bond motifs is 1. The highest BCUT2D eigenvalue weighted by Gasteiger charge is 2.35. The van der Waals surface area contributed by atoms with Gasteiger partial charge in [0.15, 0.2) is 0 Å².